The highest BCUT2D eigenvalue weighted by Gasteiger charge is 2.06. The third kappa shape index (κ3) is 2.13. The Bertz CT molecular complexity index is 526. The predicted molar refractivity (Wildman–Crippen MR) is 71.9 cm³/mol. The van der Waals surface area contributed by atoms with Crippen LogP contribution in [-0.2, 0) is 13.0 Å². The van der Waals surface area contributed by atoms with Crippen LogP contribution < -0.4 is 0 Å². The summed E-state index contributed by atoms with van der Waals surface area (Å²) in [6, 6.07) is 2.26. The van der Waals surface area contributed by atoms with Crippen LogP contribution in [0.1, 0.15) is 27.9 Å². The summed E-state index contributed by atoms with van der Waals surface area (Å²) < 4.78 is 3.00. The van der Waals surface area contributed by atoms with Crippen molar-refractivity contribution in [3.05, 3.63) is 38.0 Å². The number of aromatic nitrogens is 2. The molecule has 2 nitrogen and oxygen atoms in total. The van der Waals surface area contributed by atoms with Crippen LogP contribution in [0, 0.1) is 18.6 Å². The van der Waals surface area contributed by atoms with E-state index in [1.165, 1.54) is 21.0 Å². The first-order chi connectivity index (χ1) is 7.61. The maximum Gasteiger partial charge on any atom is 0.177 e. The van der Waals surface area contributed by atoms with Crippen LogP contribution in [0.2, 0.25) is 0 Å². The van der Waals surface area contributed by atoms with Gasteiger partial charge in [-0.1, -0.05) is 6.92 Å². The van der Waals surface area contributed by atoms with Crippen molar-refractivity contribution in [3.8, 4) is 0 Å². The number of rotatable bonds is 3. The van der Waals surface area contributed by atoms with Gasteiger partial charge in [-0.25, -0.2) is 0 Å². The third-order valence-electron chi connectivity index (χ3n) is 2.85. The van der Waals surface area contributed by atoms with Gasteiger partial charge in [0.25, 0.3) is 0 Å². The fourth-order valence-corrected chi connectivity index (χ4v) is 3.06. The van der Waals surface area contributed by atoms with Gasteiger partial charge in [0.15, 0.2) is 4.77 Å². The first-order valence-electron chi connectivity index (χ1n) is 5.44. The van der Waals surface area contributed by atoms with Gasteiger partial charge >= 0.3 is 0 Å². The Morgan fingerprint density at radius 2 is 2.19 bits per heavy atom. The second-order valence-corrected chi connectivity index (χ2v) is 5.70. The lowest BCUT2D eigenvalue weighted by atomic mass is 10.3. The number of aromatic amines is 1. The zero-order valence-corrected chi connectivity index (χ0v) is 11.5. The summed E-state index contributed by atoms with van der Waals surface area (Å²) >= 11 is 7.15. The molecule has 0 spiro atoms. The van der Waals surface area contributed by atoms with E-state index in [-0.39, 0.29) is 0 Å². The van der Waals surface area contributed by atoms with E-state index in [2.05, 4.69) is 36.4 Å². The number of nitrogens with zero attached hydrogens (tertiary/aromatic N) is 1. The minimum Gasteiger partial charge on any atom is -0.337 e. The number of imidazole rings is 1. The fourth-order valence-electron chi connectivity index (χ4n) is 1.78. The zero-order chi connectivity index (χ0) is 11.7. The van der Waals surface area contributed by atoms with E-state index in [1.807, 2.05) is 17.5 Å². The molecule has 2 aromatic heterocycles. The van der Waals surface area contributed by atoms with Crippen molar-refractivity contribution >= 4 is 23.6 Å². The molecule has 0 saturated carbocycles. The van der Waals surface area contributed by atoms with Crippen molar-refractivity contribution in [3.63, 3.8) is 0 Å². The minimum absolute atomic E-state index is 0.820. The Morgan fingerprint density at radius 1 is 1.44 bits per heavy atom. The molecule has 86 valence electrons. The molecule has 4 heteroatoms. The summed E-state index contributed by atoms with van der Waals surface area (Å²) in [5, 5.41) is 0. The molecule has 0 aliphatic rings. The Kier molecular flexibility index (Phi) is 3.30. The standard InChI is InChI=1S/C12H16N2S2/c1-4-10-6-13-12(15)14(10)7-11-5-8(2)9(3)16-11/h5-6H,4,7H2,1-3H3,(H,13,15). The van der Waals surface area contributed by atoms with Gasteiger partial charge in [0.05, 0.1) is 6.54 Å². The SMILES string of the molecule is CCc1c[nH]c(=S)n1Cc1cc(C)c(C)s1. The van der Waals surface area contributed by atoms with Gasteiger partial charge in [0, 0.05) is 21.6 Å². The van der Waals surface area contributed by atoms with Gasteiger partial charge in [-0.3, -0.25) is 0 Å². The molecule has 2 rings (SSSR count). The smallest absolute Gasteiger partial charge is 0.177 e. The molecule has 0 aliphatic carbocycles. The zero-order valence-electron chi connectivity index (χ0n) is 9.83. The van der Waals surface area contributed by atoms with Crippen molar-refractivity contribution in [2.75, 3.05) is 0 Å². The first-order valence-corrected chi connectivity index (χ1v) is 6.67. The number of H-pyrrole nitrogens is 1. The lowest BCUT2D eigenvalue weighted by Gasteiger charge is -2.04. The van der Waals surface area contributed by atoms with Gasteiger partial charge in [0.2, 0.25) is 0 Å². The molecule has 0 aromatic carbocycles. The molecule has 2 aromatic rings. The van der Waals surface area contributed by atoms with Crippen LogP contribution in [0.25, 0.3) is 0 Å². The number of nitrogens with one attached hydrogen (secondary N) is 1. The van der Waals surface area contributed by atoms with Crippen LogP contribution in [0.15, 0.2) is 12.3 Å². The van der Waals surface area contributed by atoms with E-state index in [0.717, 1.165) is 17.7 Å². The Morgan fingerprint density at radius 3 is 2.75 bits per heavy atom. The highest BCUT2D eigenvalue weighted by Crippen LogP contribution is 2.22. The summed E-state index contributed by atoms with van der Waals surface area (Å²) in [4.78, 5) is 5.89. The van der Waals surface area contributed by atoms with E-state index in [0.29, 0.717) is 0 Å². The average molecular weight is 252 g/mol. The number of aryl methyl sites for hydroxylation is 3. The van der Waals surface area contributed by atoms with Gasteiger partial charge in [-0.2, -0.15) is 0 Å². The van der Waals surface area contributed by atoms with Crippen molar-refractivity contribution in [1.82, 2.24) is 9.55 Å². The van der Waals surface area contributed by atoms with E-state index >= 15 is 0 Å². The van der Waals surface area contributed by atoms with Crippen molar-refractivity contribution in [2.24, 2.45) is 0 Å². The second kappa shape index (κ2) is 4.55. The monoisotopic (exact) mass is 252 g/mol. The van der Waals surface area contributed by atoms with Crippen molar-refractivity contribution < 1.29 is 0 Å². The average Bonchev–Trinajstić information content (AvgIpc) is 2.74. The topological polar surface area (TPSA) is 20.7 Å². The molecule has 0 fully saturated rings. The molecule has 2 heterocycles. The van der Waals surface area contributed by atoms with E-state index in [4.69, 9.17) is 12.2 Å². The highest BCUT2D eigenvalue weighted by atomic mass is 32.1. The van der Waals surface area contributed by atoms with Gasteiger partial charge < -0.3 is 9.55 Å². The molecule has 1 N–H and O–H groups in total. The van der Waals surface area contributed by atoms with Gasteiger partial charge in [-0.05, 0) is 44.1 Å². The number of thiophene rings is 1. The molecule has 16 heavy (non-hydrogen) atoms. The fraction of sp³-hybridized carbons (Fsp3) is 0.417. The summed E-state index contributed by atoms with van der Waals surface area (Å²) in [6.45, 7) is 7.37. The minimum atomic E-state index is 0.820. The van der Waals surface area contributed by atoms with Crippen molar-refractivity contribution in [2.45, 2.75) is 33.7 Å². The normalized spacial score (nSPS) is 10.9. The van der Waals surface area contributed by atoms with E-state index in [9.17, 15) is 0 Å². The van der Waals surface area contributed by atoms with Gasteiger partial charge in [-0.15, -0.1) is 11.3 Å². The Labute approximate surface area is 105 Å². The maximum absolute atomic E-state index is 5.29. The van der Waals surface area contributed by atoms with Crippen LogP contribution in [0.4, 0.5) is 0 Å². The van der Waals surface area contributed by atoms with Crippen LogP contribution in [0.3, 0.4) is 0 Å². The highest BCUT2D eigenvalue weighted by molar-refractivity contribution is 7.71. The summed E-state index contributed by atoms with van der Waals surface area (Å²) in [6.07, 6.45) is 3.02. The van der Waals surface area contributed by atoms with Crippen LogP contribution in [0.5, 0.6) is 0 Å². The molecule has 0 bridgehead atoms. The summed E-state index contributed by atoms with van der Waals surface area (Å²) in [5.41, 5.74) is 2.65. The maximum atomic E-state index is 5.29. The Balaban J connectivity index is 2.33. The summed E-state index contributed by atoms with van der Waals surface area (Å²) in [5.74, 6) is 0. The largest absolute Gasteiger partial charge is 0.337 e. The van der Waals surface area contributed by atoms with E-state index < -0.39 is 0 Å². The molecular formula is C12H16N2S2. The summed E-state index contributed by atoms with van der Waals surface area (Å²) in [7, 11) is 0. The molecule has 0 unspecified atom stereocenters. The lowest BCUT2D eigenvalue weighted by Crippen LogP contribution is -2.02. The first kappa shape index (κ1) is 11.6. The van der Waals surface area contributed by atoms with Crippen LogP contribution >= 0.6 is 23.6 Å². The van der Waals surface area contributed by atoms with Crippen LogP contribution in [-0.4, -0.2) is 9.55 Å². The predicted octanol–water partition coefficient (Wildman–Crippen LogP) is 3.83. The Hall–Kier alpha value is -0.870. The van der Waals surface area contributed by atoms with E-state index in [1.54, 1.807) is 0 Å². The molecule has 0 saturated heterocycles. The lowest BCUT2D eigenvalue weighted by molar-refractivity contribution is 0.745. The van der Waals surface area contributed by atoms with Crippen molar-refractivity contribution in [1.29, 1.82) is 0 Å². The molecule has 0 radical (unpaired) electrons. The molecule has 0 aliphatic heterocycles. The molecule has 0 amide bonds. The van der Waals surface area contributed by atoms with Gasteiger partial charge in [0.1, 0.15) is 0 Å². The number of hydrogen-bond donors (Lipinski definition) is 1. The molecular weight excluding hydrogens is 236 g/mol. The molecule has 0 atom stereocenters. The quantitative estimate of drug-likeness (QED) is 0.823. The number of hydrogen-bond acceptors (Lipinski definition) is 2. The third-order valence-corrected chi connectivity index (χ3v) is 4.32. The second-order valence-electron chi connectivity index (χ2n) is 3.98.